The van der Waals surface area contributed by atoms with E-state index in [1.165, 1.54) is 57.4 Å². The van der Waals surface area contributed by atoms with Crippen molar-refractivity contribution in [2.75, 3.05) is 46.8 Å². The summed E-state index contributed by atoms with van der Waals surface area (Å²) in [5.74, 6) is 0.631. The second kappa shape index (κ2) is 7.67. The second-order valence-corrected chi connectivity index (χ2v) is 8.32. The van der Waals surface area contributed by atoms with E-state index in [4.69, 9.17) is 0 Å². The van der Waals surface area contributed by atoms with E-state index in [-0.39, 0.29) is 5.91 Å². The summed E-state index contributed by atoms with van der Waals surface area (Å²) in [6, 6.07) is 9.13. The first kappa shape index (κ1) is 18.0. The van der Waals surface area contributed by atoms with Crippen molar-refractivity contribution in [1.29, 1.82) is 0 Å². The van der Waals surface area contributed by atoms with Crippen molar-refractivity contribution in [3.05, 3.63) is 35.4 Å². The number of nitrogens with one attached hydrogen (secondary N) is 1. The molecule has 2 heterocycles. The van der Waals surface area contributed by atoms with Gasteiger partial charge in [-0.2, -0.15) is 0 Å². The van der Waals surface area contributed by atoms with Crippen LogP contribution < -0.4 is 5.32 Å². The molecule has 1 N–H and O–H groups in total. The van der Waals surface area contributed by atoms with Gasteiger partial charge in [0.1, 0.15) is 0 Å². The fourth-order valence-corrected chi connectivity index (χ4v) is 4.45. The fraction of sp³-hybridized carbons (Fsp3) is 0.667. The molecule has 142 valence electrons. The van der Waals surface area contributed by atoms with Crippen LogP contribution in [0.1, 0.15) is 47.5 Å². The van der Waals surface area contributed by atoms with Crippen molar-refractivity contribution in [3.8, 4) is 0 Å². The van der Waals surface area contributed by atoms with Crippen LogP contribution in [-0.4, -0.2) is 79.6 Å². The van der Waals surface area contributed by atoms with E-state index in [2.05, 4.69) is 27.2 Å². The van der Waals surface area contributed by atoms with Crippen LogP contribution in [0.5, 0.6) is 0 Å². The molecule has 1 aliphatic carbocycles. The molecule has 5 nitrogen and oxygen atoms in total. The van der Waals surface area contributed by atoms with Crippen LogP contribution in [0.2, 0.25) is 0 Å². The van der Waals surface area contributed by atoms with E-state index < -0.39 is 0 Å². The Labute approximate surface area is 157 Å². The number of hydrogen-bond donors (Lipinski definition) is 1. The van der Waals surface area contributed by atoms with Gasteiger partial charge in [-0.15, -0.1) is 0 Å². The number of piperazine rings is 1. The summed E-state index contributed by atoms with van der Waals surface area (Å²) in [7, 11) is 3.60. The molecule has 2 unspecified atom stereocenters. The molecule has 2 atom stereocenters. The van der Waals surface area contributed by atoms with Crippen LogP contribution >= 0.6 is 0 Å². The minimum atomic E-state index is 0.0729. The zero-order valence-corrected chi connectivity index (χ0v) is 16.2. The number of amides is 1. The Hall–Kier alpha value is -1.43. The van der Waals surface area contributed by atoms with Crippen molar-refractivity contribution in [1.82, 2.24) is 20.0 Å². The van der Waals surface area contributed by atoms with E-state index >= 15 is 0 Å². The second-order valence-electron chi connectivity index (χ2n) is 8.32. The third kappa shape index (κ3) is 3.95. The average Bonchev–Trinajstić information content (AvgIpc) is 3.53. The molecule has 0 aromatic heterocycles. The maximum absolute atomic E-state index is 12.0. The topological polar surface area (TPSA) is 38.8 Å². The van der Waals surface area contributed by atoms with Gasteiger partial charge in [-0.3, -0.25) is 14.6 Å². The monoisotopic (exact) mass is 356 g/mol. The molecule has 1 aromatic carbocycles. The SMILES string of the molecule is CN(C)C(=O)c1ccc(C2CCC(N3CCN(C4CC4)CC3)NC2)cc1. The summed E-state index contributed by atoms with van der Waals surface area (Å²) in [5.41, 5.74) is 2.12. The number of rotatable bonds is 4. The van der Waals surface area contributed by atoms with Gasteiger partial charge in [0, 0.05) is 58.4 Å². The molecular weight excluding hydrogens is 324 g/mol. The van der Waals surface area contributed by atoms with Gasteiger partial charge >= 0.3 is 0 Å². The quantitative estimate of drug-likeness (QED) is 0.895. The molecule has 5 heteroatoms. The van der Waals surface area contributed by atoms with E-state index in [1.807, 2.05) is 12.1 Å². The first-order valence-corrected chi connectivity index (χ1v) is 10.1. The maximum atomic E-state index is 12.0. The highest BCUT2D eigenvalue weighted by Crippen LogP contribution is 2.30. The number of piperidine rings is 1. The summed E-state index contributed by atoms with van der Waals surface area (Å²) in [6.07, 6.45) is 5.82. The molecule has 1 saturated carbocycles. The predicted molar refractivity (Wildman–Crippen MR) is 104 cm³/mol. The zero-order chi connectivity index (χ0) is 18.1. The Bertz CT molecular complexity index is 609. The Kier molecular flexibility index (Phi) is 5.30. The number of benzene rings is 1. The smallest absolute Gasteiger partial charge is 0.253 e. The van der Waals surface area contributed by atoms with E-state index in [1.54, 1.807) is 19.0 Å². The van der Waals surface area contributed by atoms with Crippen molar-refractivity contribution in [2.24, 2.45) is 0 Å². The number of carbonyl (C=O) groups excluding carboxylic acids is 1. The largest absolute Gasteiger partial charge is 0.345 e. The van der Waals surface area contributed by atoms with Crippen LogP contribution in [0.25, 0.3) is 0 Å². The molecule has 0 bridgehead atoms. The van der Waals surface area contributed by atoms with Gasteiger partial charge in [0.25, 0.3) is 5.91 Å². The average molecular weight is 357 g/mol. The van der Waals surface area contributed by atoms with Crippen LogP contribution in [0, 0.1) is 0 Å². The normalized spacial score (nSPS) is 28.1. The van der Waals surface area contributed by atoms with Gasteiger partial charge in [-0.1, -0.05) is 12.1 Å². The lowest BCUT2D eigenvalue weighted by molar-refractivity contribution is 0.0621. The predicted octanol–water partition coefficient (Wildman–Crippen LogP) is 1.96. The Morgan fingerprint density at radius 1 is 0.962 bits per heavy atom. The lowest BCUT2D eigenvalue weighted by Gasteiger charge is -2.42. The Morgan fingerprint density at radius 2 is 1.62 bits per heavy atom. The van der Waals surface area contributed by atoms with Gasteiger partial charge in [0.15, 0.2) is 0 Å². The summed E-state index contributed by atoms with van der Waals surface area (Å²) in [5, 5.41) is 3.78. The van der Waals surface area contributed by atoms with E-state index in [9.17, 15) is 4.79 Å². The zero-order valence-electron chi connectivity index (χ0n) is 16.2. The molecule has 26 heavy (non-hydrogen) atoms. The first-order valence-electron chi connectivity index (χ1n) is 10.1. The molecular formula is C21H32N4O. The Morgan fingerprint density at radius 3 is 2.15 bits per heavy atom. The van der Waals surface area contributed by atoms with Gasteiger partial charge in [-0.05, 0) is 49.3 Å². The van der Waals surface area contributed by atoms with E-state index in [0.717, 1.165) is 18.2 Å². The van der Waals surface area contributed by atoms with Crippen LogP contribution in [-0.2, 0) is 0 Å². The highest BCUT2D eigenvalue weighted by molar-refractivity contribution is 5.93. The number of nitrogens with zero attached hydrogens (tertiary/aromatic N) is 3. The number of hydrogen-bond acceptors (Lipinski definition) is 4. The van der Waals surface area contributed by atoms with Crippen molar-refractivity contribution in [3.63, 3.8) is 0 Å². The summed E-state index contributed by atoms with van der Waals surface area (Å²) in [6.45, 7) is 5.94. The standard InChI is InChI=1S/C21H32N4O/c1-23(2)21(26)17-5-3-16(4-6-17)18-7-10-20(22-15-18)25-13-11-24(12-14-25)19-8-9-19/h3-6,18-20,22H,7-15H2,1-2H3. The summed E-state index contributed by atoms with van der Waals surface area (Å²) >= 11 is 0. The van der Waals surface area contributed by atoms with Gasteiger partial charge < -0.3 is 10.2 Å². The van der Waals surface area contributed by atoms with Gasteiger partial charge in [-0.25, -0.2) is 0 Å². The van der Waals surface area contributed by atoms with Crippen LogP contribution in [0.15, 0.2) is 24.3 Å². The molecule has 2 aliphatic heterocycles. The number of carbonyl (C=O) groups is 1. The minimum absolute atomic E-state index is 0.0729. The molecule has 3 fully saturated rings. The Balaban J connectivity index is 1.27. The van der Waals surface area contributed by atoms with Crippen molar-refractivity contribution >= 4 is 5.91 Å². The van der Waals surface area contributed by atoms with Crippen LogP contribution in [0.3, 0.4) is 0 Å². The molecule has 1 amide bonds. The van der Waals surface area contributed by atoms with Crippen molar-refractivity contribution in [2.45, 2.75) is 43.8 Å². The lowest BCUT2D eigenvalue weighted by Crippen LogP contribution is -2.57. The molecule has 4 rings (SSSR count). The van der Waals surface area contributed by atoms with Crippen molar-refractivity contribution < 1.29 is 4.79 Å². The highest BCUT2D eigenvalue weighted by Gasteiger charge is 2.34. The summed E-state index contributed by atoms with van der Waals surface area (Å²) in [4.78, 5) is 19.0. The third-order valence-electron chi connectivity index (χ3n) is 6.28. The molecule has 0 spiro atoms. The molecule has 3 aliphatic rings. The van der Waals surface area contributed by atoms with E-state index in [0.29, 0.717) is 12.1 Å². The van der Waals surface area contributed by atoms with Crippen LogP contribution in [0.4, 0.5) is 0 Å². The highest BCUT2D eigenvalue weighted by atomic mass is 16.2. The third-order valence-corrected chi connectivity index (χ3v) is 6.28. The van der Waals surface area contributed by atoms with Gasteiger partial charge in [0.2, 0.25) is 0 Å². The maximum Gasteiger partial charge on any atom is 0.253 e. The fourth-order valence-electron chi connectivity index (χ4n) is 4.45. The molecule has 0 radical (unpaired) electrons. The first-order chi connectivity index (χ1) is 12.6. The lowest BCUT2D eigenvalue weighted by atomic mass is 9.89. The summed E-state index contributed by atoms with van der Waals surface area (Å²) < 4.78 is 0. The molecule has 1 aromatic rings. The molecule has 2 saturated heterocycles. The van der Waals surface area contributed by atoms with Gasteiger partial charge in [0.05, 0.1) is 6.17 Å². The minimum Gasteiger partial charge on any atom is -0.345 e.